The van der Waals surface area contributed by atoms with Crippen LogP contribution < -0.4 is 5.32 Å². The molecule has 0 fully saturated rings. The van der Waals surface area contributed by atoms with Crippen LogP contribution in [-0.4, -0.2) is 50.6 Å². The molecule has 0 radical (unpaired) electrons. The van der Waals surface area contributed by atoms with E-state index in [1.54, 1.807) is 21.0 Å². The van der Waals surface area contributed by atoms with Gasteiger partial charge in [-0.05, 0) is 6.42 Å². The van der Waals surface area contributed by atoms with Gasteiger partial charge in [0.2, 0.25) is 11.8 Å². The molecule has 0 aliphatic carbocycles. The molecule has 0 aromatic rings. The van der Waals surface area contributed by atoms with Gasteiger partial charge >= 0.3 is 0 Å². The van der Waals surface area contributed by atoms with E-state index >= 15 is 0 Å². The number of likely N-dealkylation sites (N-methyl/N-ethyl adjacent to an activating group) is 1. The molecule has 5 nitrogen and oxygen atoms in total. The molecule has 1 N–H and O–H groups in total. The maximum Gasteiger partial charge on any atom is 0.248 e. The third-order valence-electron chi connectivity index (χ3n) is 2.24. The Morgan fingerprint density at radius 1 is 1.44 bits per heavy atom. The molecule has 0 saturated heterocycles. The van der Waals surface area contributed by atoms with Gasteiger partial charge in [-0.2, -0.15) is 0 Å². The largest absolute Gasteiger partial charge is 0.372 e. The number of rotatable bonds is 7. The van der Waals surface area contributed by atoms with Crippen LogP contribution in [0.1, 0.15) is 20.3 Å². The fourth-order valence-electron chi connectivity index (χ4n) is 1.26. The minimum Gasteiger partial charge on any atom is -0.372 e. The first-order valence-corrected chi connectivity index (χ1v) is 5.56. The number of nitrogens with zero attached hydrogens (tertiary/aromatic N) is 1. The summed E-state index contributed by atoms with van der Waals surface area (Å²) in [5.74, 6) is -0.358. The normalized spacial score (nSPS) is 12.0. The van der Waals surface area contributed by atoms with E-state index in [4.69, 9.17) is 4.74 Å². The fourth-order valence-corrected chi connectivity index (χ4v) is 1.26. The molecule has 0 aromatic heterocycles. The monoisotopic (exact) mass is 230 g/mol. The summed E-state index contributed by atoms with van der Waals surface area (Å²) in [6.07, 6.45) is 0.894. The molecule has 16 heavy (non-hydrogen) atoms. The molecule has 0 aromatic carbocycles. The molecule has 5 heteroatoms. The Hall–Kier alpha value is -1.10. The second kappa shape index (κ2) is 8.10. The maximum atomic E-state index is 11.5. The van der Waals surface area contributed by atoms with Gasteiger partial charge in [0, 0.05) is 27.2 Å². The van der Waals surface area contributed by atoms with E-state index in [9.17, 15) is 9.59 Å². The molecule has 94 valence electrons. The fraction of sp³-hybridized carbons (Fsp3) is 0.818. The second-order valence-corrected chi connectivity index (χ2v) is 3.84. The van der Waals surface area contributed by atoms with Gasteiger partial charge in [0.1, 0.15) is 6.61 Å². The zero-order valence-electron chi connectivity index (χ0n) is 10.6. The lowest BCUT2D eigenvalue weighted by Gasteiger charge is -2.20. The highest BCUT2D eigenvalue weighted by Crippen LogP contribution is 1.99. The van der Waals surface area contributed by atoms with E-state index in [1.165, 1.54) is 4.90 Å². The Morgan fingerprint density at radius 2 is 2.06 bits per heavy atom. The number of amides is 2. The van der Waals surface area contributed by atoms with E-state index in [2.05, 4.69) is 5.32 Å². The lowest BCUT2D eigenvalue weighted by Crippen LogP contribution is -2.38. The van der Waals surface area contributed by atoms with Gasteiger partial charge in [0.05, 0.1) is 5.92 Å². The summed E-state index contributed by atoms with van der Waals surface area (Å²) in [4.78, 5) is 24.3. The van der Waals surface area contributed by atoms with Crippen molar-refractivity contribution in [1.29, 1.82) is 0 Å². The summed E-state index contributed by atoms with van der Waals surface area (Å²) in [5, 5.41) is 2.55. The SMILES string of the molecule is CCCOCC(=O)N(C)CC(C)C(=O)NC. The molecule has 0 saturated carbocycles. The lowest BCUT2D eigenvalue weighted by molar-refractivity contribution is -0.136. The first kappa shape index (κ1) is 14.9. The highest BCUT2D eigenvalue weighted by atomic mass is 16.5. The van der Waals surface area contributed by atoms with Crippen LogP contribution in [0.4, 0.5) is 0 Å². The smallest absolute Gasteiger partial charge is 0.248 e. The first-order chi connectivity index (χ1) is 7.52. The van der Waals surface area contributed by atoms with Crippen LogP contribution in [-0.2, 0) is 14.3 Å². The molecule has 0 aliphatic rings. The van der Waals surface area contributed by atoms with Crippen LogP contribution in [0, 0.1) is 5.92 Å². The molecule has 0 spiro atoms. The molecule has 0 bridgehead atoms. The van der Waals surface area contributed by atoms with E-state index < -0.39 is 0 Å². The molecular formula is C11H22N2O3. The average Bonchev–Trinajstić information content (AvgIpc) is 2.27. The van der Waals surface area contributed by atoms with Crippen LogP contribution >= 0.6 is 0 Å². The summed E-state index contributed by atoms with van der Waals surface area (Å²) in [5.41, 5.74) is 0. The lowest BCUT2D eigenvalue weighted by atomic mass is 10.1. The Bertz CT molecular complexity index is 231. The number of ether oxygens (including phenoxy) is 1. The van der Waals surface area contributed by atoms with Gasteiger partial charge < -0.3 is 15.0 Å². The third-order valence-corrected chi connectivity index (χ3v) is 2.24. The summed E-state index contributed by atoms with van der Waals surface area (Å²) >= 11 is 0. The first-order valence-electron chi connectivity index (χ1n) is 5.56. The van der Waals surface area contributed by atoms with Gasteiger partial charge in [-0.15, -0.1) is 0 Å². The molecule has 2 amide bonds. The molecular weight excluding hydrogens is 208 g/mol. The Morgan fingerprint density at radius 3 is 2.56 bits per heavy atom. The molecule has 0 aliphatic heterocycles. The van der Waals surface area contributed by atoms with Gasteiger partial charge in [-0.25, -0.2) is 0 Å². The minimum atomic E-state index is -0.204. The molecule has 1 atom stereocenters. The quantitative estimate of drug-likeness (QED) is 0.638. The zero-order valence-corrected chi connectivity index (χ0v) is 10.6. The van der Waals surface area contributed by atoms with Crippen molar-refractivity contribution in [2.45, 2.75) is 20.3 Å². The molecule has 1 unspecified atom stereocenters. The van der Waals surface area contributed by atoms with Crippen LogP contribution in [0.25, 0.3) is 0 Å². The van der Waals surface area contributed by atoms with Crippen LogP contribution in [0.5, 0.6) is 0 Å². The number of carbonyl (C=O) groups is 2. The van der Waals surface area contributed by atoms with E-state index in [1.807, 2.05) is 6.92 Å². The van der Waals surface area contributed by atoms with Crippen molar-refractivity contribution in [2.75, 3.05) is 33.9 Å². The number of nitrogens with one attached hydrogen (secondary N) is 1. The van der Waals surface area contributed by atoms with Gasteiger partial charge in [-0.1, -0.05) is 13.8 Å². The van der Waals surface area contributed by atoms with E-state index in [-0.39, 0.29) is 24.3 Å². The van der Waals surface area contributed by atoms with Gasteiger partial charge in [0.25, 0.3) is 0 Å². The van der Waals surface area contributed by atoms with Crippen molar-refractivity contribution >= 4 is 11.8 Å². The van der Waals surface area contributed by atoms with Crippen molar-refractivity contribution in [2.24, 2.45) is 5.92 Å². The summed E-state index contributed by atoms with van der Waals surface area (Å²) in [6, 6.07) is 0. The number of hydrogen-bond acceptors (Lipinski definition) is 3. The van der Waals surface area contributed by atoms with Crippen molar-refractivity contribution in [1.82, 2.24) is 10.2 Å². The Labute approximate surface area is 97.1 Å². The Balaban J connectivity index is 3.90. The predicted molar refractivity (Wildman–Crippen MR) is 62.0 cm³/mol. The van der Waals surface area contributed by atoms with Crippen molar-refractivity contribution in [3.63, 3.8) is 0 Å². The highest BCUT2D eigenvalue weighted by Gasteiger charge is 2.16. The summed E-state index contributed by atoms with van der Waals surface area (Å²) in [7, 11) is 3.27. The van der Waals surface area contributed by atoms with Crippen LogP contribution in [0.3, 0.4) is 0 Å². The predicted octanol–water partition coefficient (Wildman–Crippen LogP) is 0.254. The van der Waals surface area contributed by atoms with Gasteiger partial charge in [0.15, 0.2) is 0 Å². The second-order valence-electron chi connectivity index (χ2n) is 3.84. The highest BCUT2D eigenvalue weighted by molar-refractivity contribution is 5.80. The number of carbonyl (C=O) groups excluding carboxylic acids is 2. The topological polar surface area (TPSA) is 58.6 Å². The summed E-state index contributed by atoms with van der Waals surface area (Å²) < 4.78 is 5.14. The summed E-state index contributed by atoms with van der Waals surface area (Å²) in [6.45, 7) is 4.86. The number of hydrogen-bond donors (Lipinski definition) is 1. The van der Waals surface area contributed by atoms with Crippen LogP contribution in [0.2, 0.25) is 0 Å². The third kappa shape index (κ3) is 5.70. The molecule has 0 heterocycles. The standard InChI is InChI=1S/C11H22N2O3/c1-5-6-16-8-10(14)13(4)7-9(2)11(15)12-3/h9H,5-8H2,1-4H3,(H,12,15). The van der Waals surface area contributed by atoms with Crippen molar-refractivity contribution in [3.05, 3.63) is 0 Å². The van der Waals surface area contributed by atoms with Crippen molar-refractivity contribution < 1.29 is 14.3 Å². The molecule has 0 rings (SSSR count). The minimum absolute atomic E-state index is 0.0610. The van der Waals surface area contributed by atoms with E-state index in [0.717, 1.165) is 6.42 Å². The van der Waals surface area contributed by atoms with Crippen molar-refractivity contribution in [3.8, 4) is 0 Å². The Kier molecular flexibility index (Phi) is 7.54. The van der Waals surface area contributed by atoms with E-state index in [0.29, 0.717) is 13.2 Å². The van der Waals surface area contributed by atoms with Crippen LogP contribution in [0.15, 0.2) is 0 Å². The maximum absolute atomic E-state index is 11.5. The zero-order chi connectivity index (χ0) is 12.6. The average molecular weight is 230 g/mol. The van der Waals surface area contributed by atoms with Gasteiger partial charge in [-0.3, -0.25) is 9.59 Å².